The molecule has 1 fully saturated rings. The molecular formula is C20H27ClIN3OS. The van der Waals surface area contributed by atoms with E-state index in [1.54, 1.807) is 11.3 Å². The quantitative estimate of drug-likeness (QED) is 0.336. The highest BCUT2D eigenvalue weighted by Crippen LogP contribution is 2.35. The molecule has 2 heterocycles. The second-order valence-corrected chi connectivity index (χ2v) is 8.05. The molecule has 0 aliphatic carbocycles. The average molecular weight is 520 g/mol. The van der Waals surface area contributed by atoms with E-state index in [0.29, 0.717) is 0 Å². The van der Waals surface area contributed by atoms with E-state index in [2.05, 4.69) is 45.3 Å². The molecule has 0 radical (unpaired) electrons. The van der Waals surface area contributed by atoms with Crippen molar-refractivity contribution in [2.24, 2.45) is 4.99 Å². The predicted molar refractivity (Wildman–Crippen MR) is 126 cm³/mol. The SMILES string of the molecule is CN=C(NCCc1cccs1)NCC1(c2cccc(Cl)c2)CCOCC1.I. The van der Waals surface area contributed by atoms with Crippen molar-refractivity contribution in [3.05, 3.63) is 57.2 Å². The van der Waals surface area contributed by atoms with Gasteiger partial charge in [-0.15, -0.1) is 35.3 Å². The van der Waals surface area contributed by atoms with Gasteiger partial charge in [-0.05, 0) is 48.4 Å². The third-order valence-electron chi connectivity index (χ3n) is 4.95. The van der Waals surface area contributed by atoms with Gasteiger partial charge in [-0.3, -0.25) is 4.99 Å². The summed E-state index contributed by atoms with van der Waals surface area (Å²) in [4.78, 5) is 5.76. The van der Waals surface area contributed by atoms with E-state index in [1.165, 1.54) is 10.4 Å². The number of hydrogen-bond donors (Lipinski definition) is 2. The van der Waals surface area contributed by atoms with Gasteiger partial charge >= 0.3 is 0 Å². The Morgan fingerprint density at radius 1 is 1.22 bits per heavy atom. The molecule has 1 aromatic heterocycles. The van der Waals surface area contributed by atoms with E-state index in [9.17, 15) is 0 Å². The highest BCUT2D eigenvalue weighted by atomic mass is 127. The standard InChI is InChI=1S/C20H26ClN3OS.HI/c1-22-19(23-10-7-18-6-3-13-26-18)24-15-20(8-11-25-12-9-20)16-4-2-5-17(21)14-16;/h2-6,13-14H,7-12,15H2,1H3,(H2,22,23,24);1H. The van der Waals surface area contributed by atoms with Gasteiger partial charge in [0.05, 0.1) is 0 Å². The Kier molecular flexibility index (Phi) is 9.35. The molecule has 1 aliphatic heterocycles. The minimum Gasteiger partial charge on any atom is -0.381 e. The number of halogens is 2. The number of benzene rings is 1. The zero-order chi connectivity index (χ0) is 18.2. The molecule has 7 heteroatoms. The molecule has 0 spiro atoms. The van der Waals surface area contributed by atoms with Crippen molar-refractivity contribution in [2.45, 2.75) is 24.7 Å². The molecule has 2 aromatic rings. The zero-order valence-electron chi connectivity index (χ0n) is 15.5. The highest BCUT2D eigenvalue weighted by molar-refractivity contribution is 14.0. The van der Waals surface area contributed by atoms with Crippen LogP contribution in [0.4, 0.5) is 0 Å². The predicted octanol–water partition coefficient (Wildman–Crippen LogP) is 4.48. The van der Waals surface area contributed by atoms with E-state index in [1.807, 2.05) is 19.2 Å². The maximum atomic E-state index is 6.25. The lowest BCUT2D eigenvalue weighted by molar-refractivity contribution is 0.0514. The molecule has 1 aliphatic rings. The van der Waals surface area contributed by atoms with Crippen molar-refractivity contribution in [3.8, 4) is 0 Å². The molecule has 0 atom stereocenters. The fraction of sp³-hybridized carbons (Fsp3) is 0.450. The fourth-order valence-electron chi connectivity index (χ4n) is 3.38. The van der Waals surface area contributed by atoms with E-state index in [4.69, 9.17) is 16.3 Å². The van der Waals surface area contributed by atoms with Gasteiger partial charge < -0.3 is 15.4 Å². The molecule has 4 nitrogen and oxygen atoms in total. The summed E-state index contributed by atoms with van der Waals surface area (Å²) in [6.07, 6.45) is 2.96. The molecule has 148 valence electrons. The number of rotatable bonds is 6. The third-order valence-corrected chi connectivity index (χ3v) is 6.12. The first-order valence-electron chi connectivity index (χ1n) is 9.03. The highest BCUT2D eigenvalue weighted by Gasteiger charge is 2.34. The second-order valence-electron chi connectivity index (χ2n) is 6.58. The summed E-state index contributed by atoms with van der Waals surface area (Å²) in [7, 11) is 1.82. The van der Waals surface area contributed by atoms with Crippen LogP contribution in [0.2, 0.25) is 5.02 Å². The lowest BCUT2D eigenvalue weighted by Gasteiger charge is -2.38. The van der Waals surface area contributed by atoms with Crippen molar-refractivity contribution < 1.29 is 4.74 Å². The molecule has 27 heavy (non-hydrogen) atoms. The third kappa shape index (κ3) is 6.34. The molecular weight excluding hydrogens is 493 g/mol. The summed E-state index contributed by atoms with van der Waals surface area (Å²) in [5, 5.41) is 9.83. The van der Waals surface area contributed by atoms with Gasteiger partial charge in [-0.2, -0.15) is 0 Å². The summed E-state index contributed by atoms with van der Waals surface area (Å²) in [5.41, 5.74) is 1.30. The number of nitrogens with one attached hydrogen (secondary N) is 2. The van der Waals surface area contributed by atoms with Crippen LogP contribution < -0.4 is 10.6 Å². The molecule has 0 unspecified atom stereocenters. The van der Waals surface area contributed by atoms with Gasteiger partial charge in [-0.1, -0.05) is 29.8 Å². The van der Waals surface area contributed by atoms with Crippen LogP contribution in [0.25, 0.3) is 0 Å². The van der Waals surface area contributed by atoms with E-state index >= 15 is 0 Å². The fourth-order valence-corrected chi connectivity index (χ4v) is 4.28. The summed E-state index contributed by atoms with van der Waals surface area (Å²) in [5.74, 6) is 0.842. The van der Waals surface area contributed by atoms with E-state index in [0.717, 1.165) is 56.5 Å². The summed E-state index contributed by atoms with van der Waals surface area (Å²) < 4.78 is 5.61. The van der Waals surface area contributed by atoms with Crippen molar-refractivity contribution in [3.63, 3.8) is 0 Å². The molecule has 0 amide bonds. The van der Waals surface area contributed by atoms with Crippen LogP contribution in [0.5, 0.6) is 0 Å². The van der Waals surface area contributed by atoms with Crippen molar-refractivity contribution in [2.75, 3.05) is 33.4 Å². The van der Waals surface area contributed by atoms with Crippen molar-refractivity contribution in [1.82, 2.24) is 10.6 Å². The lowest BCUT2D eigenvalue weighted by Crippen LogP contribution is -2.48. The van der Waals surface area contributed by atoms with Crippen molar-refractivity contribution in [1.29, 1.82) is 0 Å². The Bertz CT molecular complexity index is 718. The number of hydrogen-bond acceptors (Lipinski definition) is 3. The Labute approximate surface area is 187 Å². The van der Waals surface area contributed by atoms with E-state index < -0.39 is 0 Å². The summed E-state index contributed by atoms with van der Waals surface area (Å²) >= 11 is 8.04. The smallest absolute Gasteiger partial charge is 0.191 e. The summed E-state index contributed by atoms with van der Waals surface area (Å²) in [6, 6.07) is 12.5. The van der Waals surface area contributed by atoms with Crippen LogP contribution in [-0.4, -0.2) is 39.3 Å². The largest absolute Gasteiger partial charge is 0.381 e. The molecule has 2 N–H and O–H groups in total. The Balaban J connectivity index is 0.00000261. The molecule has 1 aromatic carbocycles. The first-order valence-corrected chi connectivity index (χ1v) is 10.3. The average Bonchev–Trinajstić information content (AvgIpc) is 3.19. The van der Waals surface area contributed by atoms with Crippen LogP contribution in [0, 0.1) is 0 Å². The first kappa shape index (κ1) is 22.5. The minimum absolute atomic E-state index is 0. The van der Waals surface area contributed by atoms with Gasteiger partial charge in [0.1, 0.15) is 0 Å². The van der Waals surface area contributed by atoms with E-state index in [-0.39, 0.29) is 29.4 Å². The van der Waals surface area contributed by atoms with Gasteiger partial charge in [0, 0.05) is 48.7 Å². The molecule has 1 saturated heterocycles. The molecule has 0 saturated carbocycles. The lowest BCUT2D eigenvalue weighted by atomic mass is 9.74. The monoisotopic (exact) mass is 519 g/mol. The topological polar surface area (TPSA) is 45.7 Å². The van der Waals surface area contributed by atoms with Crippen LogP contribution >= 0.6 is 46.9 Å². The van der Waals surface area contributed by atoms with Gasteiger partial charge in [-0.25, -0.2) is 0 Å². The maximum Gasteiger partial charge on any atom is 0.191 e. The van der Waals surface area contributed by atoms with Crippen LogP contribution in [-0.2, 0) is 16.6 Å². The molecule has 3 rings (SSSR count). The number of aliphatic imine (C=N–C) groups is 1. The normalized spacial score (nSPS) is 16.4. The minimum atomic E-state index is 0. The Morgan fingerprint density at radius 3 is 2.70 bits per heavy atom. The van der Waals surface area contributed by atoms with Crippen LogP contribution in [0.15, 0.2) is 46.8 Å². The Morgan fingerprint density at radius 2 is 2.04 bits per heavy atom. The molecule has 0 bridgehead atoms. The van der Waals surface area contributed by atoms with Crippen LogP contribution in [0.1, 0.15) is 23.3 Å². The first-order chi connectivity index (χ1) is 12.7. The Hall–Kier alpha value is -0.830. The van der Waals surface area contributed by atoms with Crippen molar-refractivity contribution >= 4 is 52.9 Å². The number of nitrogens with zero attached hydrogens (tertiary/aromatic N) is 1. The number of thiophene rings is 1. The number of guanidine groups is 1. The van der Waals surface area contributed by atoms with Gasteiger partial charge in [0.2, 0.25) is 0 Å². The van der Waals surface area contributed by atoms with Crippen LogP contribution in [0.3, 0.4) is 0 Å². The van der Waals surface area contributed by atoms with Gasteiger partial charge in [0.25, 0.3) is 0 Å². The summed E-state index contributed by atoms with van der Waals surface area (Å²) in [6.45, 7) is 3.24. The zero-order valence-corrected chi connectivity index (χ0v) is 19.4. The van der Waals surface area contributed by atoms with Gasteiger partial charge in [0.15, 0.2) is 5.96 Å². The number of ether oxygens (including phenoxy) is 1. The second kappa shape index (κ2) is 11.2. The maximum absolute atomic E-state index is 6.25.